The fourth-order valence-corrected chi connectivity index (χ4v) is 2.06. The second-order valence-corrected chi connectivity index (χ2v) is 5.26. The second kappa shape index (κ2) is 7.61. The van der Waals surface area contributed by atoms with Crippen LogP contribution in [0.5, 0.6) is 0 Å². The predicted octanol–water partition coefficient (Wildman–Crippen LogP) is 0.103. The van der Waals surface area contributed by atoms with E-state index in [4.69, 9.17) is 10.4 Å². The number of aliphatic carboxylic acids is 1. The molecule has 0 aliphatic carbocycles. The fraction of sp³-hybridized carbons (Fsp3) is 0.833. The highest BCUT2D eigenvalue weighted by Gasteiger charge is 2.42. The van der Waals surface area contributed by atoms with Crippen molar-refractivity contribution in [3.05, 3.63) is 0 Å². The minimum Gasteiger partial charge on any atom is -0.475 e. The topological polar surface area (TPSA) is 88.8 Å². The van der Waals surface area contributed by atoms with E-state index >= 15 is 0 Å². The predicted molar refractivity (Wildman–Crippen MR) is 69.4 cm³/mol. The van der Waals surface area contributed by atoms with Crippen LogP contribution >= 0.6 is 0 Å². The number of likely N-dealkylation sites (N-methyl/N-ethyl adjacent to an activating group) is 1. The number of carbonyl (C=O) groups is 1. The van der Waals surface area contributed by atoms with Gasteiger partial charge in [0.25, 0.3) is 0 Å². The van der Waals surface area contributed by atoms with Gasteiger partial charge in [-0.1, -0.05) is 0 Å². The number of alkyl halides is 2. The summed E-state index contributed by atoms with van der Waals surface area (Å²) in [6, 6.07) is 1.48. The van der Waals surface area contributed by atoms with Crippen LogP contribution in [-0.2, 0) is 9.63 Å². The number of nitrogens with one attached hydrogen (secondary N) is 1. The molecule has 0 spiro atoms. The average molecular weight is 306 g/mol. The molecule has 1 saturated heterocycles. The number of rotatable bonds is 7. The van der Waals surface area contributed by atoms with Gasteiger partial charge in [-0.05, 0) is 26.9 Å². The Balaban J connectivity index is 2.51. The first-order valence-corrected chi connectivity index (χ1v) is 6.59. The zero-order valence-corrected chi connectivity index (χ0v) is 12.1. The number of halogens is 2. The van der Waals surface area contributed by atoms with E-state index in [0.717, 1.165) is 6.54 Å². The molecule has 7 nitrogen and oxygen atoms in total. The summed E-state index contributed by atoms with van der Waals surface area (Å²) in [4.78, 5) is 18.1. The number of nitriles is 1. The lowest BCUT2D eigenvalue weighted by Gasteiger charge is -2.37. The Hall–Kier alpha value is -1.34. The van der Waals surface area contributed by atoms with Gasteiger partial charge in [-0.2, -0.15) is 19.5 Å². The Morgan fingerprint density at radius 2 is 2.24 bits per heavy atom. The Morgan fingerprint density at radius 3 is 2.76 bits per heavy atom. The summed E-state index contributed by atoms with van der Waals surface area (Å²) >= 11 is 0. The number of hydroxylamine groups is 1. The van der Waals surface area contributed by atoms with E-state index in [2.05, 4.69) is 16.4 Å². The van der Waals surface area contributed by atoms with E-state index in [1.165, 1.54) is 0 Å². The number of nitrogens with zero attached hydrogens (tertiary/aromatic N) is 3. The number of carboxylic acid groups (broad SMARTS) is 1. The molecule has 0 radical (unpaired) electrons. The third-order valence-corrected chi connectivity index (χ3v) is 3.27. The van der Waals surface area contributed by atoms with Crippen molar-refractivity contribution < 1.29 is 23.5 Å². The summed E-state index contributed by atoms with van der Waals surface area (Å²) in [5.74, 6) is -2.34. The van der Waals surface area contributed by atoms with Crippen molar-refractivity contribution >= 4 is 5.97 Å². The maximum absolute atomic E-state index is 12.8. The molecule has 1 aliphatic heterocycles. The SMILES string of the molecule is CN(C)CCN1C[C@H](NOC(F)(F)C(=O)O)CC[C@H]1C#N. The van der Waals surface area contributed by atoms with Crippen LogP contribution in [0.1, 0.15) is 12.8 Å². The van der Waals surface area contributed by atoms with Crippen molar-refractivity contribution in [2.45, 2.75) is 31.0 Å². The van der Waals surface area contributed by atoms with Crippen molar-refractivity contribution in [3.8, 4) is 6.07 Å². The van der Waals surface area contributed by atoms with E-state index in [1.54, 1.807) is 0 Å². The lowest BCUT2D eigenvalue weighted by Crippen LogP contribution is -2.53. The molecular weight excluding hydrogens is 286 g/mol. The van der Waals surface area contributed by atoms with Gasteiger partial charge in [0.2, 0.25) is 0 Å². The molecule has 2 N–H and O–H groups in total. The summed E-state index contributed by atoms with van der Waals surface area (Å²) in [5, 5.41) is 17.4. The summed E-state index contributed by atoms with van der Waals surface area (Å²) in [7, 11) is 3.80. The number of carboxylic acids is 1. The average Bonchev–Trinajstić information content (AvgIpc) is 2.42. The lowest BCUT2D eigenvalue weighted by molar-refractivity contribution is -0.275. The van der Waals surface area contributed by atoms with Crippen molar-refractivity contribution in [1.82, 2.24) is 15.3 Å². The van der Waals surface area contributed by atoms with Crippen molar-refractivity contribution in [1.29, 1.82) is 5.26 Å². The Morgan fingerprint density at radius 1 is 1.57 bits per heavy atom. The molecule has 1 rings (SSSR count). The maximum atomic E-state index is 12.8. The normalized spacial score (nSPS) is 24.0. The lowest BCUT2D eigenvalue weighted by atomic mass is 9.99. The minimum atomic E-state index is -4.26. The van der Waals surface area contributed by atoms with Crippen molar-refractivity contribution in [3.63, 3.8) is 0 Å². The molecule has 0 bridgehead atoms. The van der Waals surface area contributed by atoms with Crippen LogP contribution in [-0.4, -0.2) is 72.8 Å². The highest BCUT2D eigenvalue weighted by Crippen LogP contribution is 2.19. The van der Waals surface area contributed by atoms with Crippen LogP contribution in [0.3, 0.4) is 0 Å². The minimum absolute atomic E-state index is 0.261. The number of hydrogen-bond acceptors (Lipinski definition) is 6. The van der Waals surface area contributed by atoms with Crippen molar-refractivity contribution in [2.75, 3.05) is 33.7 Å². The molecule has 0 saturated carbocycles. The number of likely N-dealkylation sites (tertiary alicyclic amines) is 1. The maximum Gasteiger partial charge on any atom is 0.471 e. The highest BCUT2D eigenvalue weighted by molar-refractivity contribution is 5.73. The number of piperidine rings is 1. The molecule has 2 atom stereocenters. The van der Waals surface area contributed by atoms with Gasteiger partial charge in [0.1, 0.15) is 0 Å². The van der Waals surface area contributed by atoms with E-state index in [0.29, 0.717) is 25.9 Å². The molecule has 9 heteroatoms. The third-order valence-electron chi connectivity index (χ3n) is 3.27. The zero-order chi connectivity index (χ0) is 16.0. The molecular formula is C12H20F2N4O3. The summed E-state index contributed by atoms with van der Waals surface area (Å²) in [6.45, 7) is 1.71. The molecule has 0 aromatic heterocycles. The first kappa shape index (κ1) is 17.7. The first-order chi connectivity index (χ1) is 9.76. The van der Waals surface area contributed by atoms with Gasteiger partial charge >= 0.3 is 12.1 Å². The third kappa shape index (κ3) is 5.51. The largest absolute Gasteiger partial charge is 0.475 e. The molecule has 1 fully saturated rings. The summed E-state index contributed by atoms with van der Waals surface area (Å²) < 4.78 is 25.7. The fourth-order valence-electron chi connectivity index (χ4n) is 2.06. The molecule has 1 heterocycles. The summed E-state index contributed by atoms with van der Waals surface area (Å²) in [6.07, 6.45) is -3.28. The van der Waals surface area contributed by atoms with Crippen LogP contribution in [0.2, 0.25) is 0 Å². The van der Waals surface area contributed by atoms with Gasteiger partial charge in [0, 0.05) is 25.7 Å². The van der Waals surface area contributed by atoms with Crippen LogP contribution in [0.25, 0.3) is 0 Å². The van der Waals surface area contributed by atoms with Crippen LogP contribution in [0, 0.1) is 11.3 Å². The Labute approximate surface area is 122 Å². The molecule has 0 unspecified atom stereocenters. The molecule has 0 aromatic rings. The summed E-state index contributed by atoms with van der Waals surface area (Å²) in [5.41, 5.74) is 2.11. The van der Waals surface area contributed by atoms with E-state index in [9.17, 15) is 13.6 Å². The van der Waals surface area contributed by atoms with Crippen molar-refractivity contribution in [2.24, 2.45) is 0 Å². The Kier molecular flexibility index (Phi) is 6.42. The van der Waals surface area contributed by atoms with Gasteiger partial charge in [-0.15, -0.1) is 0 Å². The van der Waals surface area contributed by atoms with Crippen LogP contribution < -0.4 is 5.48 Å². The van der Waals surface area contributed by atoms with Crippen LogP contribution in [0.4, 0.5) is 8.78 Å². The van der Waals surface area contributed by atoms with E-state index in [-0.39, 0.29) is 6.04 Å². The molecule has 21 heavy (non-hydrogen) atoms. The van der Waals surface area contributed by atoms with Gasteiger partial charge in [-0.3, -0.25) is 4.90 Å². The zero-order valence-electron chi connectivity index (χ0n) is 12.1. The standard InChI is InChI=1S/C12H20F2N4O3/c1-17(2)5-6-18-8-9(3-4-10(18)7-15)16-21-12(13,14)11(19)20/h9-10,16H,3-6,8H2,1-2H3,(H,19,20)/t9-,10+/m1/s1. The first-order valence-electron chi connectivity index (χ1n) is 6.59. The van der Waals surface area contributed by atoms with E-state index < -0.39 is 18.1 Å². The monoisotopic (exact) mass is 306 g/mol. The van der Waals surface area contributed by atoms with E-state index in [1.807, 2.05) is 23.9 Å². The van der Waals surface area contributed by atoms with Gasteiger partial charge < -0.3 is 10.0 Å². The van der Waals surface area contributed by atoms with Crippen LogP contribution in [0.15, 0.2) is 0 Å². The highest BCUT2D eigenvalue weighted by atomic mass is 19.3. The Bertz CT molecular complexity index is 400. The molecule has 120 valence electrons. The second-order valence-electron chi connectivity index (χ2n) is 5.26. The van der Waals surface area contributed by atoms with Gasteiger partial charge in [-0.25, -0.2) is 9.63 Å². The number of hydrogen-bond donors (Lipinski definition) is 2. The van der Waals surface area contributed by atoms with Gasteiger partial charge in [0.15, 0.2) is 0 Å². The van der Waals surface area contributed by atoms with Gasteiger partial charge in [0.05, 0.1) is 12.1 Å². The molecule has 0 aromatic carbocycles. The molecule has 1 aliphatic rings. The molecule has 0 amide bonds. The quantitative estimate of drug-likeness (QED) is 0.645. The smallest absolute Gasteiger partial charge is 0.471 e.